The Balaban J connectivity index is 2.04. The molecule has 0 aliphatic carbocycles. The summed E-state index contributed by atoms with van der Waals surface area (Å²) in [7, 11) is 0. The van der Waals surface area contributed by atoms with Crippen LogP contribution in [0.1, 0.15) is 22.8 Å². The first-order valence-electron chi connectivity index (χ1n) is 8.35. The monoisotopic (exact) mass is 361 g/mol. The van der Waals surface area contributed by atoms with E-state index >= 15 is 0 Å². The van der Waals surface area contributed by atoms with Gasteiger partial charge in [-0.05, 0) is 37.3 Å². The molecule has 0 aliphatic rings. The third kappa shape index (κ3) is 3.94. The molecule has 0 saturated heterocycles. The van der Waals surface area contributed by atoms with Gasteiger partial charge in [0.15, 0.2) is 0 Å². The highest BCUT2D eigenvalue weighted by Crippen LogP contribution is 2.26. The van der Waals surface area contributed by atoms with E-state index in [-0.39, 0.29) is 23.0 Å². The number of nitrogens with one attached hydrogen (secondary N) is 2. The van der Waals surface area contributed by atoms with E-state index in [0.717, 1.165) is 10.9 Å². The molecule has 1 amide bonds. The molecule has 0 spiro atoms. The molecule has 3 aromatic rings. The second-order valence-corrected chi connectivity index (χ2v) is 6.07. The second-order valence-electron chi connectivity index (χ2n) is 6.07. The fourth-order valence-corrected chi connectivity index (χ4v) is 2.57. The number of hydrogen-bond acceptors (Lipinski definition) is 7. The second kappa shape index (κ2) is 7.68. The number of carbonyl (C=O) groups is 1. The number of rotatable bonds is 6. The number of fused-ring (bicyclic) bond motifs is 1. The lowest BCUT2D eigenvalue weighted by Crippen LogP contribution is -2.26. The first-order chi connectivity index (χ1) is 13.0. The molecule has 0 bridgehead atoms. The average molecular weight is 361 g/mol. The van der Waals surface area contributed by atoms with Crippen molar-refractivity contribution >= 4 is 34.1 Å². The highest BCUT2D eigenvalue weighted by Gasteiger charge is 2.17. The van der Waals surface area contributed by atoms with Crippen LogP contribution in [0.15, 0.2) is 42.6 Å². The lowest BCUT2D eigenvalue weighted by molar-refractivity contribution is 0.100. The van der Waals surface area contributed by atoms with Crippen molar-refractivity contribution in [3.63, 3.8) is 0 Å². The van der Waals surface area contributed by atoms with Gasteiger partial charge in [0.1, 0.15) is 17.7 Å². The Kier molecular flexibility index (Phi) is 5.15. The van der Waals surface area contributed by atoms with Crippen molar-refractivity contribution < 1.29 is 4.79 Å². The molecular weight excluding hydrogens is 342 g/mol. The Bertz CT molecular complexity index is 1040. The highest BCUT2D eigenvalue weighted by molar-refractivity contribution is 5.99. The van der Waals surface area contributed by atoms with Crippen LogP contribution in [0.5, 0.6) is 0 Å². The molecule has 8 heteroatoms. The molecule has 2 aromatic heterocycles. The number of nitriles is 1. The fraction of sp³-hybridized carbons (Fsp3) is 0.158. The molecule has 0 radical (unpaired) electrons. The highest BCUT2D eigenvalue weighted by atomic mass is 16.1. The van der Waals surface area contributed by atoms with Crippen LogP contribution in [0, 0.1) is 11.3 Å². The van der Waals surface area contributed by atoms with Gasteiger partial charge in [-0.1, -0.05) is 6.07 Å². The zero-order valence-electron chi connectivity index (χ0n) is 14.7. The van der Waals surface area contributed by atoms with Crippen molar-refractivity contribution in [2.45, 2.75) is 13.0 Å². The van der Waals surface area contributed by atoms with Gasteiger partial charge in [0.2, 0.25) is 0 Å². The maximum absolute atomic E-state index is 11.9. The van der Waals surface area contributed by atoms with E-state index in [1.807, 2.05) is 43.3 Å². The van der Waals surface area contributed by atoms with Crippen molar-refractivity contribution in [1.29, 1.82) is 5.26 Å². The maximum Gasteiger partial charge on any atom is 0.252 e. The van der Waals surface area contributed by atoms with Crippen molar-refractivity contribution in [2.24, 2.45) is 11.5 Å². The Hall–Kier alpha value is -3.70. The quantitative estimate of drug-likeness (QED) is 0.526. The van der Waals surface area contributed by atoms with Crippen LogP contribution in [0.2, 0.25) is 0 Å². The van der Waals surface area contributed by atoms with Gasteiger partial charge in [0.05, 0.1) is 16.6 Å². The van der Waals surface area contributed by atoms with Gasteiger partial charge in [-0.25, -0.2) is 4.98 Å². The third-order valence-electron chi connectivity index (χ3n) is 4.01. The summed E-state index contributed by atoms with van der Waals surface area (Å²) in [5.74, 6) is -0.0794. The molecule has 2 heterocycles. The Morgan fingerprint density at radius 1 is 1.30 bits per heavy atom. The molecule has 8 nitrogen and oxygen atoms in total. The largest absolute Gasteiger partial charge is 0.365 e. The summed E-state index contributed by atoms with van der Waals surface area (Å²) in [5.41, 5.74) is 13.0. The molecular formula is C19H19N7O. The minimum atomic E-state index is -0.678. The van der Waals surface area contributed by atoms with Gasteiger partial charge in [-0.3, -0.25) is 9.78 Å². The number of amides is 1. The molecule has 0 aliphatic heterocycles. The number of aromatic nitrogens is 2. The Morgan fingerprint density at radius 2 is 2.11 bits per heavy atom. The maximum atomic E-state index is 11.9. The van der Waals surface area contributed by atoms with Crippen LogP contribution in [0.25, 0.3) is 10.9 Å². The molecule has 3 rings (SSSR count). The van der Waals surface area contributed by atoms with Crippen molar-refractivity contribution in [2.75, 3.05) is 17.2 Å². The molecule has 6 N–H and O–H groups in total. The first-order valence-corrected chi connectivity index (χ1v) is 8.35. The smallest absolute Gasteiger partial charge is 0.252 e. The fourth-order valence-electron chi connectivity index (χ4n) is 2.57. The Labute approximate surface area is 156 Å². The lowest BCUT2D eigenvalue weighted by atomic mass is 10.1. The van der Waals surface area contributed by atoms with E-state index in [2.05, 4.69) is 20.6 Å². The summed E-state index contributed by atoms with van der Waals surface area (Å²) in [6, 6.07) is 12.7. The van der Waals surface area contributed by atoms with Gasteiger partial charge in [0, 0.05) is 29.9 Å². The van der Waals surface area contributed by atoms with Gasteiger partial charge in [0.25, 0.3) is 5.91 Å². The summed E-state index contributed by atoms with van der Waals surface area (Å²) < 4.78 is 0. The van der Waals surface area contributed by atoms with E-state index in [0.29, 0.717) is 18.1 Å². The number of carbonyl (C=O) groups excluding carboxylic acids is 1. The number of nitrogens with zero attached hydrogens (tertiary/aromatic N) is 3. The molecule has 136 valence electrons. The van der Waals surface area contributed by atoms with Gasteiger partial charge in [-0.2, -0.15) is 5.26 Å². The molecule has 1 unspecified atom stereocenters. The van der Waals surface area contributed by atoms with E-state index in [4.69, 9.17) is 11.5 Å². The van der Waals surface area contributed by atoms with Crippen LogP contribution < -0.4 is 22.1 Å². The SMILES string of the molecule is CC(CN)Nc1nc(Nc2ccc3ncccc3c2)c(C(N)=O)cc1C#N. The summed E-state index contributed by atoms with van der Waals surface area (Å²) in [6.45, 7) is 2.23. The number of pyridine rings is 2. The van der Waals surface area contributed by atoms with E-state index < -0.39 is 5.91 Å². The molecule has 27 heavy (non-hydrogen) atoms. The van der Waals surface area contributed by atoms with Crippen LogP contribution in [0.4, 0.5) is 17.3 Å². The minimum Gasteiger partial charge on any atom is -0.365 e. The van der Waals surface area contributed by atoms with Crippen LogP contribution in [-0.4, -0.2) is 28.5 Å². The van der Waals surface area contributed by atoms with Crippen molar-refractivity contribution in [3.05, 3.63) is 53.7 Å². The number of benzene rings is 1. The first kappa shape index (κ1) is 18.1. The third-order valence-corrected chi connectivity index (χ3v) is 4.01. The number of primary amides is 1. The van der Waals surface area contributed by atoms with Gasteiger partial charge >= 0.3 is 0 Å². The topological polar surface area (TPSA) is 143 Å². The van der Waals surface area contributed by atoms with Crippen LogP contribution in [0.3, 0.4) is 0 Å². The molecule has 0 saturated carbocycles. The van der Waals surface area contributed by atoms with E-state index in [9.17, 15) is 10.1 Å². The summed E-state index contributed by atoms with van der Waals surface area (Å²) >= 11 is 0. The van der Waals surface area contributed by atoms with Crippen LogP contribution in [-0.2, 0) is 0 Å². The van der Waals surface area contributed by atoms with Crippen molar-refractivity contribution in [3.8, 4) is 6.07 Å². The molecule has 1 aromatic carbocycles. The zero-order chi connectivity index (χ0) is 19.4. The molecule has 1 atom stereocenters. The standard InChI is InChI=1S/C19H19N7O/c1-11(9-20)24-18-13(10-21)8-15(17(22)27)19(26-18)25-14-4-5-16-12(7-14)3-2-6-23-16/h2-8,11H,9,20H2,1H3,(H2,22,27)(H2,24,25,26). The number of nitrogens with two attached hydrogens (primary N) is 2. The summed E-state index contributed by atoms with van der Waals surface area (Å²) in [4.78, 5) is 20.6. The molecule has 0 fully saturated rings. The van der Waals surface area contributed by atoms with Crippen molar-refractivity contribution in [1.82, 2.24) is 9.97 Å². The Morgan fingerprint density at radius 3 is 2.81 bits per heavy atom. The summed E-state index contributed by atoms with van der Waals surface area (Å²) in [5, 5.41) is 16.5. The number of anilines is 3. The van der Waals surface area contributed by atoms with E-state index in [1.54, 1.807) is 6.20 Å². The van der Waals surface area contributed by atoms with Crippen LogP contribution >= 0.6 is 0 Å². The van der Waals surface area contributed by atoms with Gasteiger partial charge < -0.3 is 22.1 Å². The predicted octanol–water partition coefficient (Wildman–Crippen LogP) is 2.10. The van der Waals surface area contributed by atoms with E-state index in [1.165, 1.54) is 6.07 Å². The zero-order valence-corrected chi connectivity index (χ0v) is 14.7. The number of hydrogen-bond donors (Lipinski definition) is 4. The minimum absolute atomic E-state index is 0.0939. The summed E-state index contributed by atoms with van der Waals surface area (Å²) in [6.07, 6.45) is 1.72. The normalized spacial score (nSPS) is 11.6. The predicted molar refractivity (Wildman–Crippen MR) is 105 cm³/mol. The van der Waals surface area contributed by atoms with Gasteiger partial charge in [-0.15, -0.1) is 0 Å². The lowest BCUT2D eigenvalue weighted by Gasteiger charge is -2.17. The average Bonchev–Trinajstić information content (AvgIpc) is 2.67.